The van der Waals surface area contributed by atoms with Crippen LogP contribution in [0.25, 0.3) is 0 Å². The summed E-state index contributed by atoms with van der Waals surface area (Å²) in [7, 11) is 0. The summed E-state index contributed by atoms with van der Waals surface area (Å²) >= 11 is 6.13. The number of aromatic nitrogens is 2. The normalized spacial score (nSPS) is 10.4. The second-order valence-corrected chi connectivity index (χ2v) is 6.41. The molecule has 1 aromatic heterocycles. The molecule has 0 aliphatic carbocycles. The van der Waals surface area contributed by atoms with Gasteiger partial charge in [-0.15, -0.1) is 0 Å². The number of rotatable bonds is 5. The van der Waals surface area contributed by atoms with Crippen LogP contribution in [0, 0.1) is 13.8 Å². The highest BCUT2D eigenvalue weighted by Crippen LogP contribution is 2.18. The van der Waals surface area contributed by atoms with Gasteiger partial charge >= 0.3 is 0 Å². The summed E-state index contributed by atoms with van der Waals surface area (Å²) < 4.78 is 0. The minimum absolute atomic E-state index is 0.259. The fourth-order valence-corrected chi connectivity index (χ4v) is 2.62. The lowest BCUT2D eigenvalue weighted by atomic mass is 10.1. The number of halogens is 1. The highest BCUT2D eigenvalue weighted by atomic mass is 35.5. The molecule has 0 atom stereocenters. The van der Waals surface area contributed by atoms with Crippen molar-refractivity contribution in [3.63, 3.8) is 0 Å². The third kappa shape index (κ3) is 4.37. The third-order valence-corrected chi connectivity index (χ3v) is 4.31. The van der Waals surface area contributed by atoms with Gasteiger partial charge in [-0.2, -0.15) is 0 Å². The summed E-state index contributed by atoms with van der Waals surface area (Å²) in [5, 5.41) is 6.71. The Balaban J connectivity index is 1.64. The molecule has 3 rings (SSSR count). The van der Waals surface area contributed by atoms with Crippen molar-refractivity contribution in [1.29, 1.82) is 0 Å². The Morgan fingerprint density at radius 3 is 2.62 bits per heavy atom. The van der Waals surface area contributed by atoms with Crippen molar-refractivity contribution in [1.82, 2.24) is 9.97 Å². The lowest BCUT2D eigenvalue weighted by molar-refractivity contribution is 0.102. The van der Waals surface area contributed by atoms with Gasteiger partial charge < -0.3 is 10.6 Å². The smallest absolute Gasteiger partial charge is 0.275 e. The van der Waals surface area contributed by atoms with E-state index >= 15 is 0 Å². The Hall–Kier alpha value is -2.92. The molecule has 0 unspecified atom stereocenters. The highest BCUT2D eigenvalue weighted by Gasteiger charge is 2.10. The zero-order valence-electron chi connectivity index (χ0n) is 14.6. The number of carbonyl (C=O) groups excluding carboxylic acids is 1. The third-order valence-electron chi connectivity index (χ3n) is 3.94. The van der Waals surface area contributed by atoms with Crippen LogP contribution in [0.3, 0.4) is 0 Å². The average molecular weight is 367 g/mol. The van der Waals surface area contributed by atoms with E-state index in [4.69, 9.17) is 11.6 Å². The predicted octanol–water partition coefficient (Wildman–Crippen LogP) is 4.61. The number of nitrogens with one attached hydrogen (secondary N) is 2. The number of anilines is 2. The van der Waals surface area contributed by atoms with Crippen molar-refractivity contribution in [2.75, 3.05) is 10.6 Å². The van der Waals surface area contributed by atoms with E-state index in [9.17, 15) is 4.79 Å². The van der Waals surface area contributed by atoms with Crippen LogP contribution in [0.4, 0.5) is 11.5 Å². The van der Waals surface area contributed by atoms with Gasteiger partial charge in [-0.25, -0.2) is 9.97 Å². The van der Waals surface area contributed by atoms with E-state index in [-0.39, 0.29) is 11.6 Å². The first-order valence-electron chi connectivity index (χ1n) is 8.21. The van der Waals surface area contributed by atoms with Gasteiger partial charge in [-0.1, -0.05) is 41.9 Å². The van der Waals surface area contributed by atoms with Crippen molar-refractivity contribution >= 4 is 29.0 Å². The molecule has 132 valence electrons. The van der Waals surface area contributed by atoms with Gasteiger partial charge in [-0.05, 0) is 42.7 Å². The van der Waals surface area contributed by atoms with E-state index in [1.165, 1.54) is 12.4 Å². The quantitative estimate of drug-likeness (QED) is 0.691. The van der Waals surface area contributed by atoms with Gasteiger partial charge in [0.2, 0.25) is 0 Å². The molecular weight excluding hydrogens is 348 g/mol. The van der Waals surface area contributed by atoms with E-state index in [2.05, 4.69) is 20.6 Å². The van der Waals surface area contributed by atoms with Gasteiger partial charge in [0.1, 0.15) is 11.5 Å². The molecule has 3 aromatic rings. The fourth-order valence-electron chi connectivity index (χ4n) is 2.42. The van der Waals surface area contributed by atoms with Gasteiger partial charge in [0, 0.05) is 17.3 Å². The molecule has 1 amide bonds. The van der Waals surface area contributed by atoms with Crippen LogP contribution < -0.4 is 10.6 Å². The molecule has 0 fully saturated rings. The first kappa shape index (κ1) is 17.9. The maximum absolute atomic E-state index is 12.4. The number of aryl methyl sites for hydroxylation is 2. The zero-order chi connectivity index (χ0) is 18.5. The second kappa shape index (κ2) is 7.97. The lowest BCUT2D eigenvalue weighted by Gasteiger charge is -2.10. The molecule has 2 N–H and O–H groups in total. The van der Waals surface area contributed by atoms with Gasteiger partial charge in [0.05, 0.1) is 12.4 Å². The molecule has 0 aliphatic heterocycles. The lowest BCUT2D eigenvalue weighted by Crippen LogP contribution is -2.15. The van der Waals surface area contributed by atoms with Crippen LogP contribution in [0.2, 0.25) is 5.02 Å². The van der Waals surface area contributed by atoms with Crippen LogP contribution in [-0.2, 0) is 6.54 Å². The van der Waals surface area contributed by atoms with Crippen LogP contribution in [0.15, 0.2) is 54.9 Å². The van der Waals surface area contributed by atoms with Crippen LogP contribution >= 0.6 is 11.6 Å². The summed E-state index contributed by atoms with van der Waals surface area (Å²) in [4.78, 5) is 20.8. The van der Waals surface area contributed by atoms with Crippen LogP contribution in [0.1, 0.15) is 27.2 Å². The first-order valence-corrected chi connectivity index (χ1v) is 8.58. The maximum Gasteiger partial charge on any atom is 0.275 e. The van der Waals surface area contributed by atoms with E-state index in [1.807, 2.05) is 56.3 Å². The minimum Gasteiger partial charge on any atom is -0.365 e. The van der Waals surface area contributed by atoms with Crippen molar-refractivity contribution < 1.29 is 4.79 Å². The molecule has 5 nitrogen and oxygen atoms in total. The van der Waals surface area contributed by atoms with Crippen molar-refractivity contribution in [2.45, 2.75) is 20.4 Å². The summed E-state index contributed by atoms with van der Waals surface area (Å²) in [6.45, 7) is 4.46. The summed E-state index contributed by atoms with van der Waals surface area (Å²) in [5.74, 6) is 0.289. The first-order chi connectivity index (χ1) is 12.5. The molecule has 0 spiro atoms. The molecule has 1 heterocycles. The number of nitrogens with zero attached hydrogens (tertiary/aromatic N) is 2. The minimum atomic E-state index is -0.288. The fraction of sp³-hybridized carbons (Fsp3) is 0.150. The summed E-state index contributed by atoms with van der Waals surface area (Å²) in [6.07, 6.45) is 2.99. The van der Waals surface area contributed by atoms with E-state index in [0.29, 0.717) is 17.4 Å². The molecule has 0 saturated heterocycles. The Kier molecular flexibility index (Phi) is 5.49. The molecule has 0 bridgehead atoms. The zero-order valence-corrected chi connectivity index (χ0v) is 15.3. The molecular formula is C20H19ClN4O. The number of hydrogen-bond acceptors (Lipinski definition) is 4. The Bertz CT molecular complexity index is 925. The summed E-state index contributed by atoms with van der Waals surface area (Å²) in [5.41, 5.74) is 4.07. The van der Waals surface area contributed by atoms with Crippen molar-refractivity contribution in [2.24, 2.45) is 0 Å². The Labute approximate surface area is 157 Å². The topological polar surface area (TPSA) is 66.9 Å². The SMILES string of the molecule is Cc1ccc(C)c(NC(=O)c2cnc(NCc3ccccc3Cl)cn2)c1. The average Bonchev–Trinajstić information content (AvgIpc) is 2.64. The van der Waals surface area contributed by atoms with Crippen LogP contribution in [0.5, 0.6) is 0 Å². The second-order valence-electron chi connectivity index (χ2n) is 6.00. The highest BCUT2D eigenvalue weighted by molar-refractivity contribution is 6.31. The van der Waals surface area contributed by atoms with Crippen LogP contribution in [-0.4, -0.2) is 15.9 Å². The molecule has 0 saturated carbocycles. The maximum atomic E-state index is 12.4. The number of hydrogen-bond donors (Lipinski definition) is 2. The molecule has 2 aromatic carbocycles. The monoisotopic (exact) mass is 366 g/mol. The predicted molar refractivity (Wildman–Crippen MR) is 105 cm³/mol. The molecule has 26 heavy (non-hydrogen) atoms. The standard InChI is InChI=1S/C20H19ClN4O/c1-13-7-8-14(2)17(9-13)25-20(26)18-11-24-19(12-22-18)23-10-15-5-3-4-6-16(15)21/h3-9,11-12H,10H2,1-2H3,(H,23,24)(H,25,26). The van der Waals surface area contributed by atoms with Gasteiger partial charge in [-0.3, -0.25) is 4.79 Å². The number of amides is 1. The molecule has 0 radical (unpaired) electrons. The summed E-state index contributed by atoms with van der Waals surface area (Å²) in [6, 6.07) is 13.5. The largest absolute Gasteiger partial charge is 0.365 e. The Morgan fingerprint density at radius 1 is 1.08 bits per heavy atom. The van der Waals surface area contributed by atoms with Crippen molar-refractivity contribution in [3.8, 4) is 0 Å². The van der Waals surface area contributed by atoms with E-state index in [0.717, 1.165) is 22.4 Å². The number of carbonyl (C=O) groups is 1. The van der Waals surface area contributed by atoms with E-state index < -0.39 is 0 Å². The van der Waals surface area contributed by atoms with Crippen molar-refractivity contribution in [3.05, 3.63) is 82.3 Å². The Morgan fingerprint density at radius 2 is 1.88 bits per heavy atom. The van der Waals surface area contributed by atoms with Gasteiger partial charge in [0.15, 0.2) is 0 Å². The molecule has 6 heteroatoms. The number of benzene rings is 2. The van der Waals surface area contributed by atoms with Gasteiger partial charge in [0.25, 0.3) is 5.91 Å². The molecule has 0 aliphatic rings. The van der Waals surface area contributed by atoms with E-state index in [1.54, 1.807) is 0 Å².